The van der Waals surface area contributed by atoms with Crippen LogP contribution in [0.15, 0.2) is 0 Å². The van der Waals surface area contributed by atoms with Crippen molar-refractivity contribution in [3.8, 4) is 0 Å². The summed E-state index contributed by atoms with van der Waals surface area (Å²) in [5, 5.41) is 1.03. The minimum absolute atomic E-state index is 0.182. The van der Waals surface area contributed by atoms with E-state index in [1.54, 1.807) is 0 Å². The molecule has 1 fully saturated rings. The molecule has 0 aliphatic carbocycles. The molecule has 3 nitrogen and oxygen atoms in total. The van der Waals surface area contributed by atoms with Crippen LogP contribution in [0.1, 0.15) is 32.6 Å². The zero-order valence-corrected chi connectivity index (χ0v) is 10.1. The molecule has 0 spiro atoms. The molecule has 0 N–H and O–H groups in total. The third kappa shape index (κ3) is 3.24. The number of ether oxygens (including phenoxy) is 2. The van der Waals surface area contributed by atoms with Gasteiger partial charge < -0.3 is 9.47 Å². The van der Waals surface area contributed by atoms with Crippen LogP contribution >= 0.6 is 15.9 Å². The first kappa shape index (κ1) is 12.0. The second-order valence-corrected chi connectivity index (χ2v) is 4.30. The molecule has 82 valence electrons. The van der Waals surface area contributed by atoms with E-state index in [4.69, 9.17) is 9.47 Å². The third-order valence-corrected chi connectivity index (χ3v) is 2.92. The van der Waals surface area contributed by atoms with E-state index in [9.17, 15) is 4.79 Å². The molecular weight excluding hydrogens is 248 g/mol. The van der Waals surface area contributed by atoms with Crippen LogP contribution < -0.4 is 0 Å². The highest BCUT2D eigenvalue weighted by atomic mass is 79.9. The molecule has 1 unspecified atom stereocenters. The van der Waals surface area contributed by atoms with Gasteiger partial charge in [-0.2, -0.15) is 0 Å². The van der Waals surface area contributed by atoms with Crippen molar-refractivity contribution in [2.24, 2.45) is 0 Å². The number of halogens is 1. The van der Waals surface area contributed by atoms with Crippen LogP contribution in [0.25, 0.3) is 0 Å². The lowest BCUT2D eigenvalue weighted by Crippen LogP contribution is -2.27. The van der Waals surface area contributed by atoms with E-state index in [1.807, 2.05) is 6.92 Å². The number of esters is 1. The number of hydrogen-bond donors (Lipinski definition) is 0. The summed E-state index contributed by atoms with van der Waals surface area (Å²) >= 11 is 3.38. The van der Waals surface area contributed by atoms with Gasteiger partial charge in [-0.25, -0.2) is 4.79 Å². The van der Waals surface area contributed by atoms with Gasteiger partial charge in [0, 0.05) is 5.33 Å². The Labute approximate surface area is 93.3 Å². The van der Waals surface area contributed by atoms with Gasteiger partial charge in [0.1, 0.15) is 0 Å². The summed E-state index contributed by atoms with van der Waals surface area (Å²) in [7, 11) is 0. The minimum atomic E-state index is -0.567. The summed E-state index contributed by atoms with van der Waals surface area (Å²) < 4.78 is 10.2. The molecule has 0 aromatic rings. The number of carbonyl (C=O) groups is 1. The Balaban J connectivity index is 2.18. The van der Waals surface area contributed by atoms with Crippen LogP contribution in [-0.2, 0) is 14.3 Å². The van der Waals surface area contributed by atoms with Gasteiger partial charge in [-0.1, -0.05) is 22.4 Å². The van der Waals surface area contributed by atoms with Gasteiger partial charge in [-0.05, 0) is 26.2 Å². The average molecular weight is 265 g/mol. The van der Waals surface area contributed by atoms with E-state index in [-0.39, 0.29) is 5.97 Å². The topological polar surface area (TPSA) is 38.8 Å². The number of epoxide rings is 1. The predicted molar refractivity (Wildman–Crippen MR) is 57.6 cm³/mol. The van der Waals surface area contributed by atoms with Crippen LogP contribution in [-0.4, -0.2) is 30.1 Å². The fourth-order valence-corrected chi connectivity index (χ4v) is 1.79. The van der Waals surface area contributed by atoms with Gasteiger partial charge in [0.25, 0.3) is 0 Å². The van der Waals surface area contributed by atoms with Crippen LogP contribution in [0.4, 0.5) is 0 Å². The van der Waals surface area contributed by atoms with E-state index in [0.717, 1.165) is 31.0 Å². The molecule has 0 saturated carbocycles. The molecule has 1 atom stereocenters. The Morgan fingerprint density at radius 2 is 2.21 bits per heavy atom. The van der Waals surface area contributed by atoms with Crippen molar-refractivity contribution >= 4 is 21.9 Å². The number of rotatable bonds is 7. The Bertz CT molecular complexity index is 190. The number of hydrogen-bond acceptors (Lipinski definition) is 3. The van der Waals surface area contributed by atoms with E-state index in [0.29, 0.717) is 13.2 Å². The molecule has 4 heteroatoms. The normalized spacial score (nSPS) is 24.7. The molecule has 1 aliphatic heterocycles. The van der Waals surface area contributed by atoms with Gasteiger partial charge in [-0.3, -0.25) is 0 Å². The lowest BCUT2D eigenvalue weighted by molar-refractivity contribution is -0.149. The number of unbranched alkanes of at least 4 members (excludes halogenated alkanes) is 2. The van der Waals surface area contributed by atoms with Crippen molar-refractivity contribution in [3.05, 3.63) is 0 Å². The lowest BCUT2D eigenvalue weighted by atomic mass is 10.0. The largest absolute Gasteiger partial charge is 0.464 e. The average Bonchev–Trinajstić information content (AvgIpc) is 2.94. The molecule has 1 heterocycles. The molecule has 0 aromatic carbocycles. The van der Waals surface area contributed by atoms with Crippen molar-refractivity contribution in [3.63, 3.8) is 0 Å². The summed E-state index contributed by atoms with van der Waals surface area (Å²) in [5.41, 5.74) is -0.567. The lowest BCUT2D eigenvalue weighted by Gasteiger charge is -2.09. The Morgan fingerprint density at radius 1 is 1.50 bits per heavy atom. The Kier molecular flexibility index (Phi) is 4.89. The smallest absolute Gasteiger partial charge is 0.340 e. The standard InChI is InChI=1S/C10H17BrO3/c1-2-13-9(12)10(8-14-10)6-4-3-5-7-11/h2-8H2,1H3. The Hall–Kier alpha value is -0.0900. The van der Waals surface area contributed by atoms with E-state index in [2.05, 4.69) is 15.9 Å². The maximum Gasteiger partial charge on any atom is 0.340 e. The fraction of sp³-hybridized carbons (Fsp3) is 0.900. The van der Waals surface area contributed by atoms with Gasteiger partial charge in [-0.15, -0.1) is 0 Å². The van der Waals surface area contributed by atoms with Crippen molar-refractivity contribution in [1.29, 1.82) is 0 Å². The first-order valence-corrected chi connectivity index (χ1v) is 6.24. The molecule has 0 amide bonds. The summed E-state index contributed by atoms with van der Waals surface area (Å²) in [5.74, 6) is -0.182. The molecule has 14 heavy (non-hydrogen) atoms. The van der Waals surface area contributed by atoms with Crippen LogP contribution in [0.5, 0.6) is 0 Å². The summed E-state index contributed by atoms with van der Waals surface area (Å²) in [4.78, 5) is 11.4. The van der Waals surface area contributed by atoms with Gasteiger partial charge >= 0.3 is 5.97 Å². The Morgan fingerprint density at radius 3 is 2.71 bits per heavy atom. The van der Waals surface area contributed by atoms with Crippen LogP contribution in [0.2, 0.25) is 0 Å². The molecule has 1 rings (SSSR count). The monoisotopic (exact) mass is 264 g/mol. The quantitative estimate of drug-likeness (QED) is 0.307. The van der Waals surface area contributed by atoms with E-state index in [1.165, 1.54) is 0 Å². The second-order valence-electron chi connectivity index (χ2n) is 3.50. The molecular formula is C10H17BrO3. The highest BCUT2D eigenvalue weighted by Crippen LogP contribution is 2.34. The summed E-state index contributed by atoms with van der Waals surface area (Å²) in [6.45, 7) is 2.80. The number of alkyl halides is 1. The zero-order valence-electron chi connectivity index (χ0n) is 8.55. The predicted octanol–water partition coefficient (Wildman–Crippen LogP) is 2.27. The molecule has 0 aromatic heterocycles. The van der Waals surface area contributed by atoms with Gasteiger partial charge in [0.2, 0.25) is 0 Å². The first-order valence-electron chi connectivity index (χ1n) is 5.12. The third-order valence-electron chi connectivity index (χ3n) is 2.35. The molecule has 0 radical (unpaired) electrons. The summed E-state index contributed by atoms with van der Waals surface area (Å²) in [6.07, 6.45) is 4.12. The van der Waals surface area contributed by atoms with Crippen molar-refractivity contribution in [2.75, 3.05) is 18.5 Å². The maximum atomic E-state index is 11.4. The van der Waals surface area contributed by atoms with Crippen molar-refractivity contribution < 1.29 is 14.3 Å². The molecule has 0 bridgehead atoms. The van der Waals surface area contributed by atoms with Crippen LogP contribution in [0.3, 0.4) is 0 Å². The van der Waals surface area contributed by atoms with Crippen molar-refractivity contribution in [2.45, 2.75) is 38.2 Å². The minimum Gasteiger partial charge on any atom is -0.464 e. The highest BCUT2D eigenvalue weighted by Gasteiger charge is 2.52. The maximum absolute atomic E-state index is 11.4. The van der Waals surface area contributed by atoms with E-state index < -0.39 is 5.60 Å². The first-order chi connectivity index (χ1) is 6.75. The SMILES string of the molecule is CCOC(=O)C1(CCCCCBr)CO1. The summed E-state index contributed by atoms with van der Waals surface area (Å²) in [6, 6.07) is 0. The molecule has 1 aliphatic rings. The highest BCUT2D eigenvalue weighted by molar-refractivity contribution is 9.09. The van der Waals surface area contributed by atoms with Crippen molar-refractivity contribution in [1.82, 2.24) is 0 Å². The van der Waals surface area contributed by atoms with Gasteiger partial charge in [0.05, 0.1) is 13.2 Å². The van der Waals surface area contributed by atoms with Gasteiger partial charge in [0.15, 0.2) is 5.60 Å². The van der Waals surface area contributed by atoms with Crippen LogP contribution in [0, 0.1) is 0 Å². The fourth-order valence-electron chi connectivity index (χ4n) is 1.40. The number of carbonyl (C=O) groups excluding carboxylic acids is 1. The van der Waals surface area contributed by atoms with E-state index >= 15 is 0 Å². The molecule has 1 saturated heterocycles. The zero-order chi connectivity index (χ0) is 10.4. The second kappa shape index (κ2) is 5.71.